The number of amides is 3. The van der Waals surface area contributed by atoms with Crippen molar-refractivity contribution in [3.63, 3.8) is 0 Å². The molecule has 2 unspecified atom stereocenters. The lowest BCUT2D eigenvalue weighted by Gasteiger charge is -2.28. The number of aromatic nitrogens is 1. The minimum Gasteiger partial charge on any atom is -0.478 e. The van der Waals surface area contributed by atoms with Crippen LogP contribution in [0.25, 0.3) is 11.3 Å². The minimum atomic E-state index is -1.05. The quantitative estimate of drug-likeness (QED) is 0.212. The van der Waals surface area contributed by atoms with Crippen LogP contribution in [0.3, 0.4) is 0 Å². The Kier molecular flexibility index (Phi) is 8.62. The number of carbonyl (C=O) groups excluding carboxylic acids is 3. The van der Waals surface area contributed by atoms with Gasteiger partial charge in [0, 0.05) is 28.3 Å². The topological polar surface area (TPSA) is 138 Å². The molecule has 4 aromatic rings. The number of benzene rings is 3. The predicted molar refractivity (Wildman–Crippen MR) is 168 cm³/mol. The number of carboxylic acid groups (broad SMARTS) is 1. The van der Waals surface area contributed by atoms with E-state index in [0.717, 1.165) is 24.0 Å². The van der Waals surface area contributed by atoms with E-state index >= 15 is 0 Å². The van der Waals surface area contributed by atoms with E-state index in [1.54, 1.807) is 24.3 Å². The van der Waals surface area contributed by atoms with Gasteiger partial charge in [0.25, 0.3) is 5.91 Å². The largest absolute Gasteiger partial charge is 0.478 e. The van der Waals surface area contributed by atoms with Crippen LogP contribution < -0.4 is 10.6 Å². The lowest BCUT2D eigenvalue weighted by molar-refractivity contribution is -0.120. The van der Waals surface area contributed by atoms with Crippen LogP contribution in [-0.4, -0.2) is 56.7 Å². The van der Waals surface area contributed by atoms with Crippen LogP contribution in [0, 0.1) is 0 Å². The molecule has 224 valence electrons. The van der Waals surface area contributed by atoms with Crippen LogP contribution >= 0.6 is 23.1 Å². The average molecular weight is 629 g/mol. The number of anilines is 1. The molecular formula is C32H28N4O6S2. The van der Waals surface area contributed by atoms with Gasteiger partial charge in [-0.05, 0) is 48.2 Å². The van der Waals surface area contributed by atoms with Crippen molar-refractivity contribution in [3.05, 3.63) is 106 Å². The van der Waals surface area contributed by atoms with Crippen LogP contribution in [0.1, 0.15) is 50.1 Å². The van der Waals surface area contributed by atoms with E-state index in [1.165, 1.54) is 40.1 Å². The maximum Gasteiger partial charge on any atom is 0.412 e. The van der Waals surface area contributed by atoms with Crippen LogP contribution in [0.4, 0.5) is 9.93 Å². The number of hydrogen-bond donors (Lipinski definition) is 3. The summed E-state index contributed by atoms with van der Waals surface area (Å²) in [5.74, 6) is -1.25. The molecule has 2 heterocycles. The van der Waals surface area contributed by atoms with E-state index in [9.17, 15) is 24.3 Å². The van der Waals surface area contributed by atoms with Crippen molar-refractivity contribution in [1.29, 1.82) is 0 Å². The highest BCUT2D eigenvalue weighted by molar-refractivity contribution is 7.99. The molecule has 2 aliphatic rings. The molecule has 1 saturated heterocycles. The molecule has 6 rings (SSSR count). The Balaban J connectivity index is 1.16. The Morgan fingerprint density at radius 3 is 2.32 bits per heavy atom. The third-order valence-corrected chi connectivity index (χ3v) is 9.33. The molecule has 1 saturated carbocycles. The second kappa shape index (κ2) is 12.9. The summed E-state index contributed by atoms with van der Waals surface area (Å²) in [7, 11) is 0. The maximum absolute atomic E-state index is 13.6. The summed E-state index contributed by atoms with van der Waals surface area (Å²) < 4.78 is 5.63. The number of ether oxygens (including phenoxy) is 1. The zero-order chi connectivity index (χ0) is 30.6. The molecule has 0 bridgehead atoms. The second-order valence-electron chi connectivity index (χ2n) is 10.4. The van der Waals surface area contributed by atoms with Crippen molar-refractivity contribution in [3.8, 4) is 11.3 Å². The number of nitrogens with zero attached hydrogens (tertiary/aromatic N) is 2. The number of rotatable bonds is 9. The van der Waals surface area contributed by atoms with Gasteiger partial charge in [-0.2, -0.15) is 0 Å². The molecule has 1 aromatic heterocycles. The number of hydrogen-bond acceptors (Lipinski definition) is 8. The van der Waals surface area contributed by atoms with Gasteiger partial charge in [-0.1, -0.05) is 54.6 Å². The standard InChI is InChI=1S/C32H28N4O6S2/c37-27(33-24-14-15-24)21-8-6-20(7-9-21)25-17-44-31(34-25)35-28(38)26-18-43-29(22-10-12-23(13-11-22)30(39)40)36(26)32(41)42-16-19-4-2-1-3-5-19/h1-13,17,24,26,29H,14-16,18H2,(H,33,37)(H,39,40)(H,34,35,38). The Bertz CT molecular complexity index is 1670. The number of nitrogens with one attached hydrogen (secondary N) is 2. The molecule has 12 heteroatoms. The smallest absolute Gasteiger partial charge is 0.412 e. The molecule has 2 atom stereocenters. The molecule has 10 nitrogen and oxygen atoms in total. The summed E-state index contributed by atoms with van der Waals surface area (Å²) in [6.07, 6.45) is 1.38. The normalized spacial score (nSPS) is 17.6. The van der Waals surface area contributed by atoms with Gasteiger partial charge in [0.2, 0.25) is 5.91 Å². The van der Waals surface area contributed by atoms with Crippen LogP contribution in [0.15, 0.2) is 84.2 Å². The number of thiazole rings is 1. The van der Waals surface area contributed by atoms with Gasteiger partial charge in [0.15, 0.2) is 5.13 Å². The molecule has 3 N–H and O–H groups in total. The van der Waals surface area contributed by atoms with E-state index in [0.29, 0.717) is 27.7 Å². The van der Waals surface area contributed by atoms with Gasteiger partial charge in [-0.3, -0.25) is 14.5 Å². The van der Waals surface area contributed by atoms with Crippen LogP contribution in [0.2, 0.25) is 0 Å². The first kappa shape index (κ1) is 29.4. The van der Waals surface area contributed by atoms with E-state index in [-0.39, 0.29) is 24.1 Å². The Morgan fingerprint density at radius 2 is 1.64 bits per heavy atom. The Labute approximate surface area is 261 Å². The molecular weight excluding hydrogens is 601 g/mol. The molecule has 44 heavy (non-hydrogen) atoms. The van der Waals surface area contributed by atoms with Crippen molar-refractivity contribution >= 4 is 52.1 Å². The summed E-state index contributed by atoms with van der Waals surface area (Å²) in [4.78, 5) is 56.6. The highest BCUT2D eigenvalue weighted by atomic mass is 32.2. The first-order valence-corrected chi connectivity index (χ1v) is 15.9. The summed E-state index contributed by atoms with van der Waals surface area (Å²) in [5.41, 5.74) is 3.64. The highest BCUT2D eigenvalue weighted by Crippen LogP contribution is 2.42. The molecule has 0 spiro atoms. The summed E-state index contributed by atoms with van der Waals surface area (Å²) >= 11 is 2.65. The number of carbonyl (C=O) groups is 4. The van der Waals surface area contributed by atoms with E-state index in [4.69, 9.17) is 4.74 Å². The Morgan fingerprint density at radius 1 is 0.932 bits per heavy atom. The van der Waals surface area contributed by atoms with Crippen LogP contribution in [-0.2, 0) is 16.1 Å². The molecule has 0 radical (unpaired) electrons. The first-order chi connectivity index (χ1) is 21.4. The van der Waals surface area contributed by atoms with E-state index in [2.05, 4.69) is 15.6 Å². The lowest BCUT2D eigenvalue weighted by Crippen LogP contribution is -2.45. The van der Waals surface area contributed by atoms with Crippen molar-refractivity contribution in [2.75, 3.05) is 11.1 Å². The van der Waals surface area contributed by atoms with Crippen LogP contribution in [0.5, 0.6) is 0 Å². The monoisotopic (exact) mass is 628 g/mol. The fourth-order valence-corrected chi connectivity index (χ4v) is 6.86. The summed E-state index contributed by atoms with van der Waals surface area (Å²) in [5, 5.41) is 16.7. The fourth-order valence-electron chi connectivity index (χ4n) is 4.71. The van der Waals surface area contributed by atoms with E-state index < -0.39 is 29.4 Å². The summed E-state index contributed by atoms with van der Waals surface area (Å²) in [6.45, 7) is 0.0384. The van der Waals surface area contributed by atoms with Gasteiger partial charge in [0.05, 0.1) is 11.3 Å². The molecule has 2 fully saturated rings. The fraction of sp³-hybridized carbons (Fsp3) is 0.219. The third-order valence-electron chi connectivity index (χ3n) is 7.25. The molecule has 1 aliphatic heterocycles. The van der Waals surface area contributed by atoms with Crippen molar-refractivity contribution in [2.24, 2.45) is 0 Å². The number of carboxylic acids is 1. The molecule has 3 amide bonds. The Hall–Kier alpha value is -4.68. The SMILES string of the molecule is O=C(O)c1ccc(C2SCC(C(=O)Nc3nc(-c4ccc(C(=O)NC5CC5)cc4)cs3)N2C(=O)OCc2ccccc2)cc1. The maximum atomic E-state index is 13.6. The molecule has 3 aromatic carbocycles. The van der Waals surface area contributed by atoms with E-state index in [1.807, 2.05) is 47.8 Å². The van der Waals surface area contributed by atoms with Crippen molar-refractivity contribution < 1.29 is 29.0 Å². The predicted octanol–water partition coefficient (Wildman–Crippen LogP) is 5.79. The zero-order valence-electron chi connectivity index (χ0n) is 23.3. The van der Waals surface area contributed by atoms with Crippen molar-refractivity contribution in [2.45, 2.75) is 36.9 Å². The minimum absolute atomic E-state index is 0.0384. The molecule has 1 aliphatic carbocycles. The number of aromatic carboxylic acids is 1. The van der Waals surface area contributed by atoms with Gasteiger partial charge in [0.1, 0.15) is 18.0 Å². The highest BCUT2D eigenvalue weighted by Gasteiger charge is 2.43. The zero-order valence-corrected chi connectivity index (χ0v) is 25.0. The third kappa shape index (κ3) is 6.76. The summed E-state index contributed by atoms with van der Waals surface area (Å²) in [6, 6.07) is 22.1. The van der Waals surface area contributed by atoms with Gasteiger partial charge in [-0.15, -0.1) is 23.1 Å². The number of thioether (sulfide) groups is 1. The van der Waals surface area contributed by atoms with Crippen molar-refractivity contribution in [1.82, 2.24) is 15.2 Å². The first-order valence-electron chi connectivity index (χ1n) is 14.0. The average Bonchev–Trinajstić information content (AvgIpc) is 3.54. The second-order valence-corrected chi connectivity index (χ2v) is 12.4. The van der Waals surface area contributed by atoms with Gasteiger partial charge >= 0.3 is 12.1 Å². The lowest BCUT2D eigenvalue weighted by atomic mass is 10.1. The van der Waals surface area contributed by atoms with Gasteiger partial charge in [-0.25, -0.2) is 14.6 Å². The van der Waals surface area contributed by atoms with Gasteiger partial charge < -0.3 is 20.5 Å².